The Morgan fingerprint density at radius 2 is 1.61 bits per heavy atom. The van der Waals surface area contributed by atoms with E-state index in [9.17, 15) is 14.7 Å². The summed E-state index contributed by atoms with van der Waals surface area (Å²) in [5, 5.41) is 13.5. The molecule has 138 valence electrons. The Morgan fingerprint density at radius 3 is 2.32 bits per heavy atom. The zero-order valence-electron chi connectivity index (χ0n) is 14.6. The number of aromatic amines is 1. The summed E-state index contributed by atoms with van der Waals surface area (Å²) >= 11 is 3.32. The Morgan fingerprint density at radius 1 is 0.929 bits per heavy atom. The van der Waals surface area contributed by atoms with Crippen molar-refractivity contribution in [1.82, 2.24) is 4.98 Å². The number of hydrogen-bond acceptors (Lipinski definition) is 3. The maximum atomic E-state index is 12.6. The van der Waals surface area contributed by atoms with Gasteiger partial charge in [-0.2, -0.15) is 0 Å². The first-order chi connectivity index (χ1) is 13.5. The highest BCUT2D eigenvalue weighted by Crippen LogP contribution is 2.28. The van der Waals surface area contributed by atoms with Crippen LogP contribution in [0.2, 0.25) is 0 Å². The van der Waals surface area contributed by atoms with Crippen LogP contribution in [0.3, 0.4) is 0 Å². The first kappa shape index (κ1) is 18.0. The molecule has 1 aromatic heterocycles. The van der Waals surface area contributed by atoms with Gasteiger partial charge < -0.3 is 15.4 Å². The van der Waals surface area contributed by atoms with Crippen molar-refractivity contribution >= 4 is 38.4 Å². The van der Waals surface area contributed by atoms with Gasteiger partial charge in [-0.25, -0.2) is 0 Å². The molecule has 3 aromatic carbocycles. The van der Waals surface area contributed by atoms with Gasteiger partial charge in [0.25, 0.3) is 11.5 Å². The number of rotatable bonds is 3. The minimum absolute atomic E-state index is 0.322. The molecule has 28 heavy (non-hydrogen) atoms. The summed E-state index contributed by atoms with van der Waals surface area (Å²) in [6.45, 7) is 0. The molecule has 5 nitrogen and oxygen atoms in total. The Bertz CT molecular complexity index is 1230. The number of benzene rings is 3. The minimum atomic E-state index is -0.673. The van der Waals surface area contributed by atoms with E-state index in [4.69, 9.17) is 0 Å². The van der Waals surface area contributed by atoms with Crippen molar-refractivity contribution in [3.8, 4) is 16.9 Å². The molecule has 1 heterocycles. The predicted molar refractivity (Wildman–Crippen MR) is 114 cm³/mol. The quantitative estimate of drug-likeness (QED) is 0.428. The van der Waals surface area contributed by atoms with Gasteiger partial charge in [0.05, 0.1) is 5.52 Å². The highest BCUT2D eigenvalue weighted by atomic mass is 79.9. The molecule has 1 amide bonds. The number of carbonyl (C=O) groups is 1. The molecule has 0 unspecified atom stereocenters. The molecule has 0 fully saturated rings. The number of anilines is 1. The summed E-state index contributed by atoms with van der Waals surface area (Å²) < 4.78 is 0.727. The number of amides is 1. The van der Waals surface area contributed by atoms with Crippen molar-refractivity contribution in [3.63, 3.8) is 0 Å². The van der Waals surface area contributed by atoms with Crippen LogP contribution in [0.1, 0.15) is 10.4 Å². The molecule has 0 bridgehead atoms. The summed E-state index contributed by atoms with van der Waals surface area (Å²) in [7, 11) is 0. The van der Waals surface area contributed by atoms with E-state index in [1.807, 2.05) is 42.5 Å². The van der Waals surface area contributed by atoms with Gasteiger partial charge in [0.15, 0.2) is 0 Å². The fourth-order valence-electron chi connectivity index (χ4n) is 3.03. The standard InChI is InChI=1S/C22H15BrN2O3/c23-15-8-11-18-17(12-15)20(26)19(22(28)25-18)21(27)24-16-9-6-14(7-10-16)13-4-2-1-3-5-13/h1-12H,(H,24,27)(H2,25,26,28). The van der Waals surface area contributed by atoms with Crippen LogP contribution in [0.15, 0.2) is 82.1 Å². The van der Waals surface area contributed by atoms with Crippen LogP contribution in [0.25, 0.3) is 22.0 Å². The highest BCUT2D eigenvalue weighted by molar-refractivity contribution is 9.10. The molecule has 0 radical (unpaired) electrons. The zero-order valence-corrected chi connectivity index (χ0v) is 16.2. The van der Waals surface area contributed by atoms with E-state index in [1.54, 1.807) is 30.3 Å². The van der Waals surface area contributed by atoms with E-state index >= 15 is 0 Å². The Hall–Kier alpha value is -3.38. The van der Waals surface area contributed by atoms with Gasteiger partial charge in [-0.1, -0.05) is 58.4 Å². The van der Waals surface area contributed by atoms with E-state index in [0.29, 0.717) is 16.6 Å². The molecule has 0 aliphatic carbocycles. The number of pyridine rings is 1. The van der Waals surface area contributed by atoms with E-state index in [-0.39, 0.29) is 11.3 Å². The van der Waals surface area contributed by atoms with Crippen molar-refractivity contribution < 1.29 is 9.90 Å². The van der Waals surface area contributed by atoms with Crippen molar-refractivity contribution in [3.05, 3.63) is 93.2 Å². The van der Waals surface area contributed by atoms with Gasteiger partial charge in [0, 0.05) is 15.5 Å². The summed E-state index contributed by atoms with van der Waals surface area (Å²) in [6.07, 6.45) is 0. The molecule has 0 saturated carbocycles. The largest absolute Gasteiger partial charge is 0.506 e. The van der Waals surface area contributed by atoms with E-state index in [0.717, 1.165) is 15.6 Å². The SMILES string of the molecule is O=C(Nc1ccc(-c2ccccc2)cc1)c1c(O)c2cc(Br)ccc2[nH]c1=O. The van der Waals surface area contributed by atoms with Crippen LogP contribution < -0.4 is 10.9 Å². The average Bonchev–Trinajstić information content (AvgIpc) is 2.70. The molecule has 0 saturated heterocycles. The number of nitrogens with one attached hydrogen (secondary N) is 2. The lowest BCUT2D eigenvalue weighted by molar-refractivity contribution is 0.102. The van der Waals surface area contributed by atoms with Gasteiger partial charge in [-0.15, -0.1) is 0 Å². The predicted octanol–water partition coefficient (Wildman–Crippen LogP) is 4.92. The normalized spacial score (nSPS) is 10.8. The maximum absolute atomic E-state index is 12.6. The number of hydrogen-bond donors (Lipinski definition) is 3. The van der Waals surface area contributed by atoms with Crippen LogP contribution in [0.5, 0.6) is 5.75 Å². The third-order valence-corrected chi connectivity index (χ3v) is 4.92. The van der Waals surface area contributed by atoms with Gasteiger partial charge in [-0.05, 0) is 41.5 Å². The summed E-state index contributed by atoms with van der Waals surface area (Å²) in [6, 6.07) is 22.2. The van der Waals surface area contributed by atoms with Gasteiger partial charge >= 0.3 is 0 Å². The smallest absolute Gasteiger partial charge is 0.265 e. The zero-order chi connectivity index (χ0) is 19.7. The van der Waals surface area contributed by atoms with Crippen molar-refractivity contribution in [2.24, 2.45) is 0 Å². The first-order valence-electron chi connectivity index (χ1n) is 8.54. The molecular weight excluding hydrogens is 420 g/mol. The van der Waals surface area contributed by atoms with Gasteiger partial charge in [0.1, 0.15) is 11.3 Å². The van der Waals surface area contributed by atoms with Crippen LogP contribution in [-0.4, -0.2) is 16.0 Å². The second-order valence-corrected chi connectivity index (χ2v) is 7.18. The minimum Gasteiger partial charge on any atom is -0.506 e. The lowest BCUT2D eigenvalue weighted by atomic mass is 10.1. The number of aromatic nitrogens is 1. The second kappa shape index (κ2) is 7.32. The molecule has 0 spiro atoms. The van der Waals surface area contributed by atoms with Crippen LogP contribution >= 0.6 is 15.9 Å². The Balaban J connectivity index is 1.64. The second-order valence-electron chi connectivity index (χ2n) is 6.27. The number of fused-ring (bicyclic) bond motifs is 1. The maximum Gasteiger partial charge on any atom is 0.265 e. The fraction of sp³-hybridized carbons (Fsp3) is 0. The Kier molecular flexibility index (Phi) is 4.71. The molecule has 3 N–H and O–H groups in total. The molecule has 0 atom stereocenters. The third kappa shape index (κ3) is 3.42. The topological polar surface area (TPSA) is 82.2 Å². The van der Waals surface area contributed by atoms with Gasteiger partial charge in [-0.3, -0.25) is 9.59 Å². The van der Waals surface area contributed by atoms with E-state index < -0.39 is 11.5 Å². The highest BCUT2D eigenvalue weighted by Gasteiger charge is 2.19. The lowest BCUT2D eigenvalue weighted by Crippen LogP contribution is -2.23. The van der Waals surface area contributed by atoms with Crippen LogP contribution in [0, 0.1) is 0 Å². The molecule has 4 rings (SSSR count). The van der Waals surface area contributed by atoms with Crippen molar-refractivity contribution in [2.45, 2.75) is 0 Å². The number of H-pyrrole nitrogens is 1. The first-order valence-corrected chi connectivity index (χ1v) is 9.33. The monoisotopic (exact) mass is 434 g/mol. The molecule has 0 aliphatic heterocycles. The molecular formula is C22H15BrN2O3. The summed E-state index contributed by atoms with van der Waals surface area (Å²) in [4.78, 5) is 27.6. The number of carbonyl (C=O) groups excluding carboxylic acids is 1. The molecule has 6 heteroatoms. The summed E-state index contributed by atoms with van der Waals surface area (Å²) in [5.74, 6) is -1.02. The Labute approximate surface area is 168 Å². The van der Waals surface area contributed by atoms with Crippen molar-refractivity contribution in [2.75, 3.05) is 5.32 Å². The van der Waals surface area contributed by atoms with Crippen LogP contribution in [0.4, 0.5) is 5.69 Å². The number of aromatic hydroxyl groups is 1. The number of halogens is 1. The van der Waals surface area contributed by atoms with Crippen molar-refractivity contribution in [1.29, 1.82) is 0 Å². The van der Waals surface area contributed by atoms with Gasteiger partial charge in [0.2, 0.25) is 0 Å². The lowest BCUT2D eigenvalue weighted by Gasteiger charge is -2.09. The van der Waals surface area contributed by atoms with Crippen LogP contribution in [-0.2, 0) is 0 Å². The van der Waals surface area contributed by atoms with E-state index in [2.05, 4.69) is 26.2 Å². The van der Waals surface area contributed by atoms with E-state index in [1.165, 1.54) is 0 Å². The fourth-order valence-corrected chi connectivity index (χ4v) is 3.39. The average molecular weight is 435 g/mol. The molecule has 4 aromatic rings. The third-order valence-electron chi connectivity index (χ3n) is 4.43. The molecule has 0 aliphatic rings. The summed E-state index contributed by atoms with van der Waals surface area (Å²) in [5.41, 5.74) is 2.08.